The first-order valence-corrected chi connectivity index (χ1v) is 7.70. The molecule has 0 saturated heterocycles. The summed E-state index contributed by atoms with van der Waals surface area (Å²) in [5.74, 6) is 0.268. The lowest BCUT2D eigenvalue weighted by Crippen LogP contribution is -2.18. The van der Waals surface area contributed by atoms with Gasteiger partial charge in [0.25, 0.3) is 0 Å². The molecule has 0 aliphatic carbocycles. The van der Waals surface area contributed by atoms with Crippen LogP contribution in [0, 0.1) is 0 Å². The summed E-state index contributed by atoms with van der Waals surface area (Å²) in [6, 6.07) is 3.91. The van der Waals surface area contributed by atoms with Crippen molar-refractivity contribution in [3.8, 4) is 5.75 Å². The number of carbonyl (C=O) groups excluding carboxylic acids is 1. The number of carbonyl (C=O) groups is 1. The SMILES string of the molecule is CC(C)(C)c1cc(SCC(N)=O)cc(C(C)(C)C)c1O. The first-order chi connectivity index (χ1) is 8.93. The van der Waals surface area contributed by atoms with Crippen molar-refractivity contribution in [2.45, 2.75) is 57.3 Å². The van der Waals surface area contributed by atoms with Gasteiger partial charge in [-0.2, -0.15) is 0 Å². The topological polar surface area (TPSA) is 63.3 Å². The van der Waals surface area contributed by atoms with Crippen molar-refractivity contribution in [2.75, 3.05) is 5.75 Å². The standard InChI is InChI=1S/C16H25NO2S/c1-15(2,3)11-7-10(20-9-13(17)18)8-12(14(11)19)16(4,5)6/h7-8,19H,9H2,1-6H3,(H2,17,18). The maximum absolute atomic E-state index is 11.0. The molecule has 0 heterocycles. The fourth-order valence-corrected chi connectivity index (χ4v) is 2.70. The summed E-state index contributed by atoms with van der Waals surface area (Å²) < 4.78 is 0. The predicted octanol–water partition coefficient (Wildman–Crippen LogP) is 3.56. The molecular weight excluding hydrogens is 270 g/mol. The highest BCUT2D eigenvalue weighted by atomic mass is 32.2. The molecule has 3 nitrogen and oxygen atoms in total. The zero-order chi connectivity index (χ0) is 15.7. The van der Waals surface area contributed by atoms with Crippen LogP contribution in [0.1, 0.15) is 52.7 Å². The van der Waals surface area contributed by atoms with Crippen molar-refractivity contribution in [2.24, 2.45) is 5.73 Å². The molecule has 20 heavy (non-hydrogen) atoms. The van der Waals surface area contributed by atoms with Crippen LogP contribution in [0.5, 0.6) is 5.75 Å². The average Bonchev–Trinajstić information content (AvgIpc) is 2.24. The number of phenols is 1. The van der Waals surface area contributed by atoms with Crippen LogP contribution < -0.4 is 5.73 Å². The van der Waals surface area contributed by atoms with Gasteiger partial charge in [-0.25, -0.2) is 0 Å². The lowest BCUT2D eigenvalue weighted by Gasteiger charge is -2.28. The van der Waals surface area contributed by atoms with Gasteiger partial charge in [-0.1, -0.05) is 41.5 Å². The third-order valence-corrected chi connectivity index (χ3v) is 4.08. The number of rotatable bonds is 3. The Labute approximate surface area is 125 Å². The zero-order valence-electron chi connectivity index (χ0n) is 13.2. The van der Waals surface area contributed by atoms with E-state index in [1.54, 1.807) is 0 Å². The Morgan fingerprint density at radius 2 is 1.50 bits per heavy atom. The number of aromatic hydroxyl groups is 1. The van der Waals surface area contributed by atoms with E-state index >= 15 is 0 Å². The van der Waals surface area contributed by atoms with Crippen LogP contribution in [0.3, 0.4) is 0 Å². The van der Waals surface area contributed by atoms with E-state index < -0.39 is 0 Å². The van der Waals surface area contributed by atoms with Gasteiger partial charge in [0.1, 0.15) is 5.75 Å². The third-order valence-electron chi connectivity index (χ3n) is 3.08. The molecule has 0 spiro atoms. The van der Waals surface area contributed by atoms with Gasteiger partial charge in [0, 0.05) is 16.0 Å². The van der Waals surface area contributed by atoms with E-state index in [-0.39, 0.29) is 22.5 Å². The lowest BCUT2D eigenvalue weighted by atomic mass is 9.79. The molecule has 1 aromatic carbocycles. The minimum Gasteiger partial charge on any atom is -0.507 e. The molecule has 1 amide bonds. The molecule has 0 aromatic heterocycles. The van der Waals surface area contributed by atoms with Gasteiger partial charge in [-0.15, -0.1) is 11.8 Å². The van der Waals surface area contributed by atoms with Crippen LogP contribution in [-0.2, 0) is 15.6 Å². The van der Waals surface area contributed by atoms with Crippen molar-refractivity contribution in [3.05, 3.63) is 23.3 Å². The van der Waals surface area contributed by atoms with Crippen LogP contribution in [0.15, 0.2) is 17.0 Å². The third kappa shape index (κ3) is 4.17. The summed E-state index contributed by atoms with van der Waals surface area (Å²) in [4.78, 5) is 11.9. The van der Waals surface area contributed by atoms with Crippen LogP contribution in [0.2, 0.25) is 0 Å². The Bertz CT molecular complexity index is 475. The molecule has 0 aliphatic heterocycles. The summed E-state index contributed by atoms with van der Waals surface area (Å²) in [6.45, 7) is 12.4. The Hall–Kier alpha value is -1.16. The molecule has 0 aliphatic rings. The Kier molecular flexibility index (Phi) is 4.80. The average molecular weight is 295 g/mol. The molecule has 4 heteroatoms. The number of amides is 1. The summed E-state index contributed by atoms with van der Waals surface area (Å²) in [5, 5.41) is 10.6. The normalized spacial score (nSPS) is 12.5. The van der Waals surface area contributed by atoms with E-state index in [0.29, 0.717) is 5.75 Å². The summed E-state index contributed by atoms with van der Waals surface area (Å²) in [7, 11) is 0. The first-order valence-electron chi connectivity index (χ1n) is 6.72. The lowest BCUT2D eigenvalue weighted by molar-refractivity contribution is -0.115. The fraction of sp³-hybridized carbons (Fsp3) is 0.562. The van der Waals surface area contributed by atoms with Gasteiger partial charge in [0.2, 0.25) is 5.91 Å². The zero-order valence-corrected chi connectivity index (χ0v) is 14.0. The molecule has 1 aromatic rings. The molecule has 0 saturated carbocycles. The van der Waals surface area contributed by atoms with Gasteiger partial charge in [-0.3, -0.25) is 4.79 Å². The molecule has 0 unspecified atom stereocenters. The molecule has 3 N–H and O–H groups in total. The van der Waals surface area contributed by atoms with Crippen LogP contribution in [0.4, 0.5) is 0 Å². The maximum Gasteiger partial charge on any atom is 0.227 e. The molecule has 112 valence electrons. The maximum atomic E-state index is 11.0. The highest BCUT2D eigenvalue weighted by Gasteiger charge is 2.26. The number of primary amides is 1. The van der Waals surface area contributed by atoms with Crippen molar-refractivity contribution < 1.29 is 9.90 Å². The van der Waals surface area contributed by atoms with E-state index in [2.05, 4.69) is 41.5 Å². The van der Waals surface area contributed by atoms with Crippen LogP contribution in [-0.4, -0.2) is 16.8 Å². The van der Waals surface area contributed by atoms with E-state index in [4.69, 9.17) is 5.73 Å². The van der Waals surface area contributed by atoms with E-state index in [9.17, 15) is 9.90 Å². The van der Waals surface area contributed by atoms with Crippen LogP contribution >= 0.6 is 11.8 Å². The largest absolute Gasteiger partial charge is 0.507 e. The summed E-state index contributed by atoms with van der Waals surface area (Å²) >= 11 is 1.41. The molecular formula is C16H25NO2S. The number of thioether (sulfide) groups is 1. The van der Waals surface area contributed by atoms with Crippen molar-refractivity contribution >= 4 is 17.7 Å². The highest BCUT2D eigenvalue weighted by Crippen LogP contribution is 2.41. The summed E-state index contributed by atoms with van der Waals surface area (Å²) in [5.41, 5.74) is 6.69. The van der Waals surface area contributed by atoms with E-state index in [1.165, 1.54) is 11.8 Å². The van der Waals surface area contributed by atoms with E-state index in [1.807, 2.05) is 12.1 Å². The minimum atomic E-state index is -0.335. The number of phenolic OH excluding ortho intramolecular Hbond substituents is 1. The monoisotopic (exact) mass is 295 g/mol. The number of benzene rings is 1. The smallest absolute Gasteiger partial charge is 0.227 e. The van der Waals surface area contributed by atoms with Crippen molar-refractivity contribution in [3.63, 3.8) is 0 Å². The Morgan fingerprint density at radius 1 is 1.10 bits per heavy atom. The molecule has 0 bridgehead atoms. The second kappa shape index (κ2) is 5.68. The van der Waals surface area contributed by atoms with Gasteiger partial charge < -0.3 is 10.8 Å². The van der Waals surface area contributed by atoms with Crippen molar-refractivity contribution in [1.29, 1.82) is 0 Å². The van der Waals surface area contributed by atoms with Gasteiger partial charge in [0.05, 0.1) is 5.75 Å². The Balaban J connectivity index is 3.38. The predicted molar refractivity (Wildman–Crippen MR) is 85.4 cm³/mol. The second-order valence-corrected chi connectivity index (χ2v) is 8.17. The molecule has 0 fully saturated rings. The quantitative estimate of drug-likeness (QED) is 0.838. The second-order valence-electron chi connectivity index (χ2n) is 7.12. The molecule has 0 atom stereocenters. The highest BCUT2D eigenvalue weighted by molar-refractivity contribution is 8.00. The van der Waals surface area contributed by atoms with Crippen LogP contribution in [0.25, 0.3) is 0 Å². The molecule has 0 radical (unpaired) electrons. The van der Waals surface area contributed by atoms with Gasteiger partial charge in [0.15, 0.2) is 0 Å². The summed E-state index contributed by atoms with van der Waals surface area (Å²) in [6.07, 6.45) is 0. The number of hydrogen-bond acceptors (Lipinski definition) is 3. The van der Waals surface area contributed by atoms with Gasteiger partial charge in [-0.05, 0) is 23.0 Å². The number of hydrogen-bond donors (Lipinski definition) is 2. The first kappa shape index (κ1) is 16.9. The van der Waals surface area contributed by atoms with Crippen molar-refractivity contribution in [1.82, 2.24) is 0 Å². The fourth-order valence-electron chi connectivity index (χ4n) is 1.99. The Morgan fingerprint density at radius 3 is 1.80 bits per heavy atom. The van der Waals surface area contributed by atoms with Gasteiger partial charge >= 0.3 is 0 Å². The van der Waals surface area contributed by atoms with E-state index in [0.717, 1.165) is 16.0 Å². The minimum absolute atomic E-state index is 0.159. The molecule has 1 rings (SSSR count). The number of nitrogens with two attached hydrogens (primary N) is 1.